The molecule has 2 aromatic rings. The highest BCUT2D eigenvalue weighted by Crippen LogP contribution is 2.27. The number of hydrogen-bond acceptors (Lipinski definition) is 6. The third-order valence-electron chi connectivity index (χ3n) is 4.78. The first kappa shape index (κ1) is 15.6. The molecule has 0 saturated carbocycles. The molecule has 1 amide bonds. The number of amides is 1. The Bertz CT molecular complexity index is 893. The Kier molecular flexibility index (Phi) is 3.61. The molecule has 7 nitrogen and oxygen atoms in total. The van der Waals surface area contributed by atoms with E-state index < -0.39 is 9.84 Å². The number of carbonyl (C=O) groups excluding carboxylic acids is 1. The number of furan rings is 1. The summed E-state index contributed by atoms with van der Waals surface area (Å²) in [6.07, 6.45) is 4.69. The maximum absolute atomic E-state index is 12.5. The van der Waals surface area contributed by atoms with Gasteiger partial charge in [0.05, 0.1) is 6.20 Å². The lowest BCUT2D eigenvalue weighted by atomic mass is 9.97. The number of nitrogens with zero attached hydrogens (tertiary/aromatic N) is 2. The first-order valence-electron chi connectivity index (χ1n) is 8.01. The molecule has 0 aromatic carbocycles. The standard InChI is InChI=1S/C16H19N3O4S/c1-24(21,22)15-6-11-5-13(17-7-14(11)23-15)16(20)18-12-4-10-2-3-19(8-10)9-12/h5-7,10,12H,2-4,8-9H2,1H3,(H,18,20)/t10-,12+/m0/s1. The van der Waals surface area contributed by atoms with E-state index >= 15 is 0 Å². The molecule has 4 rings (SSSR count). The Hall–Kier alpha value is -1.93. The number of nitrogens with one attached hydrogen (secondary N) is 1. The SMILES string of the molecule is CS(=O)(=O)c1cc2cc(C(=O)N[C@@H]3C[C@@H]4CCN(C4)C3)ncc2o1. The Morgan fingerprint density at radius 3 is 2.96 bits per heavy atom. The van der Waals surface area contributed by atoms with Gasteiger partial charge in [-0.15, -0.1) is 0 Å². The molecule has 2 aromatic heterocycles. The number of piperidine rings is 1. The van der Waals surface area contributed by atoms with Crippen molar-refractivity contribution in [2.75, 3.05) is 25.9 Å². The predicted molar refractivity (Wildman–Crippen MR) is 87.5 cm³/mol. The highest BCUT2D eigenvalue weighted by atomic mass is 32.2. The fraction of sp³-hybridized carbons (Fsp3) is 0.500. The number of sulfone groups is 1. The monoisotopic (exact) mass is 349 g/mol. The number of aromatic nitrogens is 1. The normalized spacial score (nSPS) is 26.6. The molecule has 2 fully saturated rings. The first-order valence-corrected chi connectivity index (χ1v) is 9.90. The van der Waals surface area contributed by atoms with Gasteiger partial charge in [-0.2, -0.15) is 0 Å². The van der Waals surface area contributed by atoms with Crippen LogP contribution in [0.3, 0.4) is 0 Å². The summed E-state index contributed by atoms with van der Waals surface area (Å²) in [6, 6.07) is 3.14. The van der Waals surface area contributed by atoms with Crippen LogP contribution in [-0.4, -0.2) is 56.1 Å². The smallest absolute Gasteiger partial charge is 0.270 e. The van der Waals surface area contributed by atoms with Crippen molar-refractivity contribution < 1.29 is 17.6 Å². The zero-order valence-corrected chi connectivity index (χ0v) is 14.2. The molecule has 2 aliphatic heterocycles. The molecule has 0 spiro atoms. The Morgan fingerprint density at radius 1 is 1.38 bits per heavy atom. The van der Waals surface area contributed by atoms with Crippen molar-refractivity contribution in [2.24, 2.45) is 5.92 Å². The van der Waals surface area contributed by atoms with Gasteiger partial charge in [-0.05, 0) is 31.4 Å². The zero-order chi connectivity index (χ0) is 16.9. The second-order valence-electron chi connectivity index (χ2n) is 6.77. The van der Waals surface area contributed by atoms with Gasteiger partial charge in [-0.1, -0.05) is 0 Å². The van der Waals surface area contributed by atoms with E-state index in [0.717, 1.165) is 32.3 Å². The van der Waals surface area contributed by atoms with Gasteiger partial charge in [0.25, 0.3) is 5.91 Å². The maximum atomic E-state index is 12.5. The molecule has 1 unspecified atom stereocenters. The van der Waals surface area contributed by atoms with Crippen molar-refractivity contribution in [3.05, 3.63) is 24.0 Å². The Labute approximate surface area is 139 Å². The summed E-state index contributed by atoms with van der Waals surface area (Å²) in [6.45, 7) is 3.14. The molecule has 8 heteroatoms. The van der Waals surface area contributed by atoms with Gasteiger partial charge in [0.1, 0.15) is 5.69 Å². The van der Waals surface area contributed by atoms with Crippen LogP contribution in [-0.2, 0) is 9.84 Å². The Morgan fingerprint density at radius 2 is 2.21 bits per heavy atom. The van der Waals surface area contributed by atoms with E-state index in [0.29, 0.717) is 16.9 Å². The number of rotatable bonds is 3. The third kappa shape index (κ3) is 2.91. The quantitative estimate of drug-likeness (QED) is 0.891. The Balaban J connectivity index is 1.54. The summed E-state index contributed by atoms with van der Waals surface area (Å²) in [4.78, 5) is 18.9. The molecular weight excluding hydrogens is 330 g/mol. The van der Waals surface area contributed by atoms with Crippen molar-refractivity contribution in [1.82, 2.24) is 15.2 Å². The van der Waals surface area contributed by atoms with Gasteiger partial charge in [0.15, 0.2) is 5.58 Å². The van der Waals surface area contributed by atoms with E-state index in [4.69, 9.17) is 4.42 Å². The van der Waals surface area contributed by atoms with Crippen molar-refractivity contribution in [3.63, 3.8) is 0 Å². The van der Waals surface area contributed by atoms with Crippen LogP contribution >= 0.6 is 0 Å². The van der Waals surface area contributed by atoms with Crippen molar-refractivity contribution in [2.45, 2.75) is 24.0 Å². The largest absolute Gasteiger partial charge is 0.443 e. The first-order chi connectivity index (χ1) is 11.4. The van der Waals surface area contributed by atoms with Crippen LogP contribution in [0.1, 0.15) is 23.3 Å². The summed E-state index contributed by atoms with van der Waals surface area (Å²) < 4.78 is 28.4. The van der Waals surface area contributed by atoms with E-state index in [1.165, 1.54) is 18.7 Å². The van der Waals surface area contributed by atoms with Gasteiger partial charge in [-0.25, -0.2) is 13.4 Å². The summed E-state index contributed by atoms with van der Waals surface area (Å²) in [5.74, 6) is 0.442. The average Bonchev–Trinajstić information content (AvgIpc) is 3.09. The van der Waals surface area contributed by atoms with Crippen LogP contribution < -0.4 is 5.32 Å². The minimum atomic E-state index is -3.43. The summed E-state index contributed by atoms with van der Waals surface area (Å²) in [7, 11) is -3.43. The molecule has 2 bridgehead atoms. The molecule has 3 atom stereocenters. The fourth-order valence-electron chi connectivity index (χ4n) is 3.65. The van der Waals surface area contributed by atoms with Gasteiger partial charge >= 0.3 is 0 Å². The minimum absolute atomic E-state index is 0.117. The van der Waals surface area contributed by atoms with Gasteiger partial charge in [0.2, 0.25) is 14.9 Å². The zero-order valence-electron chi connectivity index (χ0n) is 13.4. The van der Waals surface area contributed by atoms with Crippen LogP contribution in [0.25, 0.3) is 11.0 Å². The fourth-order valence-corrected chi connectivity index (χ4v) is 4.23. The lowest BCUT2D eigenvalue weighted by Gasteiger charge is -2.30. The van der Waals surface area contributed by atoms with Crippen LogP contribution in [0.2, 0.25) is 0 Å². The molecule has 0 aliphatic carbocycles. The molecule has 24 heavy (non-hydrogen) atoms. The van der Waals surface area contributed by atoms with Crippen molar-refractivity contribution >= 4 is 26.7 Å². The molecular formula is C16H19N3O4S. The lowest BCUT2D eigenvalue weighted by Crippen LogP contribution is -2.47. The summed E-state index contributed by atoms with van der Waals surface area (Å²) in [5, 5.41) is 3.49. The topological polar surface area (TPSA) is 92.5 Å². The second-order valence-corrected chi connectivity index (χ2v) is 8.71. The van der Waals surface area contributed by atoms with Gasteiger partial charge < -0.3 is 14.6 Å². The van der Waals surface area contributed by atoms with Gasteiger partial charge in [-0.3, -0.25) is 4.79 Å². The second kappa shape index (κ2) is 5.56. The third-order valence-corrected chi connectivity index (χ3v) is 5.71. The highest BCUT2D eigenvalue weighted by Gasteiger charge is 2.33. The maximum Gasteiger partial charge on any atom is 0.270 e. The predicted octanol–water partition coefficient (Wildman–Crippen LogP) is 1.06. The lowest BCUT2D eigenvalue weighted by molar-refractivity contribution is 0.0904. The van der Waals surface area contributed by atoms with E-state index in [1.54, 1.807) is 6.07 Å². The summed E-state index contributed by atoms with van der Waals surface area (Å²) >= 11 is 0. The van der Waals surface area contributed by atoms with Crippen LogP contribution in [0, 0.1) is 5.92 Å². The number of pyridine rings is 1. The minimum Gasteiger partial charge on any atom is -0.443 e. The van der Waals surface area contributed by atoms with Crippen molar-refractivity contribution in [3.8, 4) is 0 Å². The van der Waals surface area contributed by atoms with E-state index in [-0.39, 0.29) is 22.7 Å². The van der Waals surface area contributed by atoms with Crippen molar-refractivity contribution in [1.29, 1.82) is 0 Å². The molecule has 2 aliphatic rings. The van der Waals surface area contributed by atoms with Crippen LogP contribution in [0.15, 0.2) is 27.8 Å². The molecule has 1 N–H and O–H groups in total. The van der Waals surface area contributed by atoms with Crippen LogP contribution in [0.5, 0.6) is 0 Å². The molecule has 2 saturated heterocycles. The van der Waals surface area contributed by atoms with E-state index in [2.05, 4.69) is 15.2 Å². The molecule has 0 radical (unpaired) electrons. The van der Waals surface area contributed by atoms with Gasteiger partial charge in [0, 0.05) is 36.8 Å². The molecule has 4 heterocycles. The van der Waals surface area contributed by atoms with E-state index in [9.17, 15) is 13.2 Å². The number of fused-ring (bicyclic) bond motifs is 3. The number of carbonyl (C=O) groups is 1. The number of hydrogen-bond donors (Lipinski definition) is 1. The molecule has 128 valence electrons. The average molecular weight is 349 g/mol. The summed E-state index contributed by atoms with van der Waals surface area (Å²) in [5.41, 5.74) is 0.630. The highest BCUT2D eigenvalue weighted by molar-refractivity contribution is 7.90. The van der Waals surface area contributed by atoms with Crippen LogP contribution in [0.4, 0.5) is 0 Å². The van der Waals surface area contributed by atoms with E-state index in [1.807, 2.05) is 0 Å².